The number of rotatable bonds is 2. The van der Waals surface area contributed by atoms with Gasteiger partial charge in [-0.25, -0.2) is 9.97 Å². The van der Waals surface area contributed by atoms with Gasteiger partial charge in [0.1, 0.15) is 5.15 Å². The molecule has 0 aromatic carbocycles. The molecule has 2 nitrogen and oxygen atoms in total. The van der Waals surface area contributed by atoms with Gasteiger partial charge in [0.2, 0.25) is 0 Å². The van der Waals surface area contributed by atoms with Gasteiger partial charge in [-0.2, -0.15) is 0 Å². The van der Waals surface area contributed by atoms with E-state index in [0.29, 0.717) is 5.15 Å². The zero-order valence-corrected chi connectivity index (χ0v) is 8.04. The third-order valence-corrected chi connectivity index (χ3v) is 2.01. The van der Waals surface area contributed by atoms with E-state index in [-0.39, 0.29) is 0 Å². The van der Waals surface area contributed by atoms with Gasteiger partial charge in [-0.1, -0.05) is 30.3 Å². The maximum Gasteiger partial charge on any atom is 0.188 e. The molecule has 0 fully saturated rings. The molecule has 1 heterocycles. The van der Waals surface area contributed by atoms with Crippen LogP contribution in [0, 0.1) is 0 Å². The van der Waals surface area contributed by atoms with Crippen molar-refractivity contribution in [3.05, 3.63) is 16.9 Å². The molecule has 0 N–H and O–H groups in total. The molecule has 1 aromatic rings. The molecular formula is C7H9ClN2S. The molecule has 0 amide bonds. The predicted molar refractivity (Wildman–Crippen MR) is 48.2 cm³/mol. The molecule has 0 bridgehead atoms. The summed E-state index contributed by atoms with van der Waals surface area (Å²) < 4.78 is 0. The van der Waals surface area contributed by atoms with Crippen LogP contribution in [0.2, 0.25) is 5.15 Å². The lowest BCUT2D eigenvalue weighted by molar-refractivity contribution is 0.892. The summed E-state index contributed by atoms with van der Waals surface area (Å²) >= 11 is 7.25. The van der Waals surface area contributed by atoms with E-state index in [4.69, 9.17) is 11.6 Å². The Bertz CT molecular complexity index is 230. The molecule has 0 aliphatic heterocycles. The number of aryl methyl sites for hydroxylation is 1. The third kappa shape index (κ3) is 2.34. The number of aromatic nitrogens is 2. The van der Waals surface area contributed by atoms with Gasteiger partial charge in [0, 0.05) is 5.69 Å². The molecule has 0 spiro atoms. The summed E-state index contributed by atoms with van der Waals surface area (Å²) in [4.78, 5) is 8.26. The number of halogens is 1. The molecule has 0 radical (unpaired) electrons. The van der Waals surface area contributed by atoms with E-state index in [1.165, 1.54) is 11.8 Å². The predicted octanol–water partition coefficient (Wildman–Crippen LogP) is 2.41. The smallest absolute Gasteiger partial charge is 0.188 e. The highest BCUT2D eigenvalue weighted by atomic mass is 35.5. The van der Waals surface area contributed by atoms with Crippen molar-refractivity contribution in [3.8, 4) is 0 Å². The monoisotopic (exact) mass is 188 g/mol. The molecule has 0 aliphatic rings. The van der Waals surface area contributed by atoms with Crippen molar-refractivity contribution in [2.75, 3.05) is 6.26 Å². The van der Waals surface area contributed by atoms with Crippen LogP contribution >= 0.6 is 23.4 Å². The summed E-state index contributed by atoms with van der Waals surface area (Å²) in [5.41, 5.74) is 0.995. The molecule has 60 valence electrons. The average molecular weight is 189 g/mol. The quantitative estimate of drug-likeness (QED) is 0.405. The van der Waals surface area contributed by atoms with E-state index in [0.717, 1.165) is 17.3 Å². The van der Waals surface area contributed by atoms with Gasteiger partial charge in [0.15, 0.2) is 5.16 Å². The summed E-state index contributed by atoms with van der Waals surface area (Å²) in [7, 11) is 0. The summed E-state index contributed by atoms with van der Waals surface area (Å²) in [5.74, 6) is 0. The second kappa shape index (κ2) is 3.93. The summed E-state index contributed by atoms with van der Waals surface area (Å²) in [5, 5.41) is 1.27. The topological polar surface area (TPSA) is 25.8 Å². The van der Waals surface area contributed by atoms with Crippen molar-refractivity contribution >= 4 is 23.4 Å². The third-order valence-electron chi connectivity index (χ3n) is 1.27. The molecule has 1 rings (SSSR count). The van der Waals surface area contributed by atoms with Crippen LogP contribution in [0.4, 0.5) is 0 Å². The van der Waals surface area contributed by atoms with Crippen molar-refractivity contribution in [2.45, 2.75) is 18.5 Å². The Balaban J connectivity index is 3.02. The Morgan fingerprint density at radius 1 is 1.55 bits per heavy atom. The van der Waals surface area contributed by atoms with E-state index >= 15 is 0 Å². The minimum Gasteiger partial charge on any atom is -0.228 e. The van der Waals surface area contributed by atoms with Crippen molar-refractivity contribution in [1.82, 2.24) is 9.97 Å². The van der Waals surface area contributed by atoms with E-state index < -0.39 is 0 Å². The van der Waals surface area contributed by atoms with E-state index in [2.05, 4.69) is 9.97 Å². The Morgan fingerprint density at radius 3 is 2.82 bits per heavy atom. The largest absolute Gasteiger partial charge is 0.228 e. The van der Waals surface area contributed by atoms with Crippen LogP contribution in [-0.4, -0.2) is 16.2 Å². The molecule has 0 saturated heterocycles. The molecule has 4 heteroatoms. The Kier molecular flexibility index (Phi) is 3.15. The zero-order valence-electron chi connectivity index (χ0n) is 6.47. The summed E-state index contributed by atoms with van der Waals surface area (Å²) in [6.45, 7) is 2.04. The number of nitrogens with zero attached hydrogens (tertiary/aromatic N) is 2. The van der Waals surface area contributed by atoms with Gasteiger partial charge in [-0.15, -0.1) is 0 Å². The standard InChI is InChI=1S/C7H9ClN2S/c1-3-5-4-6(8)10-7(9-5)11-2/h4H,3H2,1-2H3. The van der Waals surface area contributed by atoms with Crippen LogP contribution in [0.25, 0.3) is 0 Å². The second-order valence-corrected chi connectivity index (χ2v) is 3.18. The Morgan fingerprint density at radius 2 is 2.27 bits per heavy atom. The fraction of sp³-hybridized carbons (Fsp3) is 0.429. The number of hydrogen-bond acceptors (Lipinski definition) is 3. The highest BCUT2D eigenvalue weighted by Crippen LogP contribution is 2.13. The Labute approximate surface area is 75.4 Å². The maximum atomic E-state index is 5.74. The molecule has 0 atom stereocenters. The minimum absolute atomic E-state index is 0.529. The van der Waals surface area contributed by atoms with Gasteiger partial charge in [0.25, 0.3) is 0 Å². The first-order valence-corrected chi connectivity index (χ1v) is 4.94. The highest BCUT2D eigenvalue weighted by molar-refractivity contribution is 7.98. The first-order valence-electron chi connectivity index (χ1n) is 3.33. The second-order valence-electron chi connectivity index (χ2n) is 2.02. The van der Waals surface area contributed by atoms with Gasteiger partial charge >= 0.3 is 0 Å². The van der Waals surface area contributed by atoms with Gasteiger partial charge in [0.05, 0.1) is 0 Å². The fourth-order valence-electron chi connectivity index (χ4n) is 0.714. The first-order chi connectivity index (χ1) is 5.26. The van der Waals surface area contributed by atoms with Crippen LogP contribution in [0.3, 0.4) is 0 Å². The zero-order chi connectivity index (χ0) is 8.27. The van der Waals surface area contributed by atoms with Crippen LogP contribution in [0.5, 0.6) is 0 Å². The molecule has 0 saturated carbocycles. The fourth-order valence-corrected chi connectivity index (χ4v) is 1.37. The summed E-state index contributed by atoms with van der Waals surface area (Å²) in [6, 6.07) is 1.79. The van der Waals surface area contributed by atoms with Gasteiger partial charge in [-0.05, 0) is 18.7 Å². The molecule has 1 aromatic heterocycles. The number of thioether (sulfide) groups is 1. The maximum absolute atomic E-state index is 5.74. The van der Waals surface area contributed by atoms with Gasteiger partial charge < -0.3 is 0 Å². The van der Waals surface area contributed by atoms with Crippen molar-refractivity contribution in [2.24, 2.45) is 0 Å². The van der Waals surface area contributed by atoms with E-state index in [1.54, 1.807) is 6.07 Å². The molecule has 0 unspecified atom stereocenters. The lowest BCUT2D eigenvalue weighted by Crippen LogP contribution is -1.92. The summed E-state index contributed by atoms with van der Waals surface area (Å²) in [6.07, 6.45) is 2.83. The SMILES string of the molecule is CCc1cc(Cl)nc(SC)n1. The van der Waals surface area contributed by atoms with E-state index in [1.807, 2.05) is 13.2 Å². The Hall–Kier alpha value is -0.280. The lowest BCUT2D eigenvalue weighted by Gasteiger charge is -1.98. The van der Waals surface area contributed by atoms with Crippen LogP contribution in [0.1, 0.15) is 12.6 Å². The van der Waals surface area contributed by atoms with Crippen molar-refractivity contribution < 1.29 is 0 Å². The van der Waals surface area contributed by atoms with E-state index in [9.17, 15) is 0 Å². The van der Waals surface area contributed by atoms with Crippen LogP contribution in [-0.2, 0) is 6.42 Å². The van der Waals surface area contributed by atoms with Crippen LogP contribution in [0.15, 0.2) is 11.2 Å². The first kappa shape index (κ1) is 8.81. The molecule has 0 aliphatic carbocycles. The van der Waals surface area contributed by atoms with Gasteiger partial charge in [-0.3, -0.25) is 0 Å². The lowest BCUT2D eigenvalue weighted by atomic mass is 10.3. The number of hydrogen-bond donors (Lipinski definition) is 0. The average Bonchev–Trinajstić information content (AvgIpc) is 2.03. The molecular weight excluding hydrogens is 180 g/mol. The molecule has 11 heavy (non-hydrogen) atoms. The highest BCUT2D eigenvalue weighted by Gasteiger charge is 1.99. The van der Waals surface area contributed by atoms with Crippen molar-refractivity contribution in [1.29, 1.82) is 0 Å². The minimum atomic E-state index is 0.529. The van der Waals surface area contributed by atoms with Crippen molar-refractivity contribution in [3.63, 3.8) is 0 Å². The normalized spacial score (nSPS) is 10.1. The van der Waals surface area contributed by atoms with Crippen LogP contribution < -0.4 is 0 Å².